The molecule has 6 nitrogen and oxygen atoms in total. The number of rotatable bonds is 15. The van der Waals surface area contributed by atoms with Crippen molar-refractivity contribution in [3.8, 4) is 5.75 Å². The Balaban J connectivity index is 2.82. The summed E-state index contributed by atoms with van der Waals surface area (Å²) in [6.07, 6.45) is 5.88. The van der Waals surface area contributed by atoms with Gasteiger partial charge in [-0.2, -0.15) is 5.53 Å². The molecule has 0 aliphatic rings. The number of hydrogen-bond acceptors (Lipinski definition) is 3. The molecule has 0 amide bonds. The normalized spacial score (nSPS) is 11.9. The highest BCUT2D eigenvalue weighted by molar-refractivity contribution is 5.61. The Bertz CT molecular complexity index is 720. The third kappa shape index (κ3) is 11.4. The van der Waals surface area contributed by atoms with Crippen LogP contribution >= 0.6 is 0 Å². The van der Waals surface area contributed by atoms with Gasteiger partial charge in [-0.15, -0.1) is 0 Å². The number of benzene rings is 1. The van der Waals surface area contributed by atoms with Crippen molar-refractivity contribution in [1.29, 1.82) is 0 Å². The molecule has 2 N–H and O–H groups in total. The van der Waals surface area contributed by atoms with Crippen molar-refractivity contribution in [3.63, 3.8) is 0 Å². The summed E-state index contributed by atoms with van der Waals surface area (Å²) in [4.78, 5) is 9.22. The van der Waals surface area contributed by atoms with E-state index in [0.717, 1.165) is 63.1 Å². The molecule has 31 heavy (non-hydrogen) atoms. The first-order valence-corrected chi connectivity index (χ1v) is 11.4. The minimum absolute atomic E-state index is 0.318. The zero-order chi connectivity index (χ0) is 23.1. The van der Waals surface area contributed by atoms with Crippen LogP contribution in [0.5, 0.6) is 5.75 Å². The molecule has 0 saturated carbocycles. The highest BCUT2D eigenvalue weighted by Gasteiger charge is 2.16. The Morgan fingerprint density at radius 2 is 1.68 bits per heavy atom. The standard InChI is InChI=1S/C25H39N5O/c1-21(20-25(2,3)4)13-18-31-24-19-22(11-12-23(24)29-26)30(16-9-7-14-27-5)17-10-8-15-28-6/h11-12,19,21,26H,7-10,13-18,20H2,1-4H3/p+1. The fourth-order valence-corrected chi connectivity index (χ4v) is 3.80. The summed E-state index contributed by atoms with van der Waals surface area (Å²) in [6.45, 7) is 26.6. The van der Waals surface area contributed by atoms with Gasteiger partial charge in [-0.05, 0) is 54.3 Å². The van der Waals surface area contributed by atoms with E-state index in [1.807, 2.05) is 18.2 Å². The van der Waals surface area contributed by atoms with Crippen molar-refractivity contribution in [3.05, 3.63) is 41.0 Å². The van der Waals surface area contributed by atoms with Crippen LogP contribution in [0.25, 0.3) is 9.69 Å². The lowest BCUT2D eigenvalue weighted by molar-refractivity contribution is -0.210. The molecule has 6 heteroatoms. The lowest BCUT2D eigenvalue weighted by Gasteiger charge is -2.25. The molecule has 1 aromatic rings. The van der Waals surface area contributed by atoms with Crippen molar-refractivity contribution in [2.75, 3.05) is 37.7 Å². The van der Waals surface area contributed by atoms with Gasteiger partial charge in [0.05, 0.1) is 6.61 Å². The summed E-state index contributed by atoms with van der Waals surface area (Å²) in [5.41, 5.74) is 7.65. The second-order valence-corrected chi connectivity index (χ2v) is 9.45. The molecule has 1 rings (SSSR count). The van der Waals surface area contributed by atoms with Gasteiger partial charge in [-0.3, -0.25) is 0 Å². The van der Waals surface area contributed by atoms with Crippen LogP contribution in [0, 0.1) is 24.5 Å². The van der Waals surface area contributed by atoms with E-state index < -0.39 is 0 Å². The molecule has 0 saturated heterocycles. The molecule has 0 aliphatic carbocycles. The molecule has 0 aromatic heterocycles. The van der Waals surface area contributed by atoms with Gasteiger partial charge in [0.25, 0.3) is 0 Å². The largest absolute Gasteiger partial charge is 0.491 e. The number of ether oxygens (including phenoxy) is 1. The first-order chi connectivity index (χ1) is 14.8. The van der Waals surface area contributed by atoms with Crippen LogP contribution in [0.15, 0.2) is 23.3 Å². The van der Waals surface area contributed by atoms with Crippen molar-refractivity contribution in [2.24, 2.45) is 16.4 Å². The summed E-state index contributed by atoms with van der Waals surface area (Å²) in [5.74, 6) is 1.30. The molecule has 0 spiro atoms. The molecule has 0 bridgehead atoms. The summed E-state index contributed by atoms with van der Waals surface area (Å²) < 4.78 is 6.11. The van der Waals surface area contributed by atoms with Gasteiger partial charge in [0.2, 0.25) is 13.1 Å². The van der Waals surface area contributed by atoms with E-state index in [0.29, 0.717) is 36.7 Å². The van der Waals surface area contributed by atoms with Crippen LogP contribution in [0.2, 0.25) is 0 Å². The van der Waals surface area contributed by atoms with Gasteiger partial charge < -0.3 is 19.3 Å². The SMILES string of the molecule is [C-]#[N+]CCCCN(CCCC[N+]#[C-])c1ccc(N=[NH2+])c(OCCC(C)CC(C)(C)C)c1. The fraction of sp³-hybridized carbons (Fsp3) is 0.680. The average molecular weight is 427 g/mol. The van der Waals surface area contributed by atoms with Crippen LogP contribution in [-0.2, 0) is 0 Å². The van der Waals surface area contributed by atoms with Crippen LogP contribution in [0.3, 0.4) is 0 Å². The van der Waals surface area contributed by atoms with E-state index >= 15 is 0 Å². The summed E-state index contributed by atoms with van der Waals surface area (Å²) in [6, 6.07) is 5.98. The zero-order valence-electron chi connectivity index (χ0n) is 19.9. The minimum atomic E-state index is 0.318. The zero-order valence-corrected chi connectivity index (χ0v) is 19.9. The molecular weight excluding hydrogens is 386 g/mol. The molecule has 0 radical (unpaired) electrons. The van der Waals surface area contributed by atoms with E-state index in [4.69, 9.17) is 23.4 Å². The van der Waals surface area contributed by atoms with Gasteiger partial charge >= 0.3 is 0 Å². The maximum absolute atomic E-state index is 6.97. The molecule has 1 unspecified atom stereocenters. The lowest BCUT2D eigenvalue weighted by atomic mass is 9.84. The Hall–Kier alpha value is -2.60. The van der Waals surface area contributed by atoms with Crippen LogP contribution in [-0.4, -0.2) is 32.8 Å². The van der Waals surface area contributed by atoms with E-state index in [1.54, 1.807) is 0 Å². The van der Waals surface area contributed by atoms with Gasteiger partial charge in [0.15, 0.2) is 11.4 Å². The minimum Gasteiger partial charge on any atom is -0.491 e. The van der Waals surface area contributed by atoms with Crippen molar-refractivity contribution < 1.29 is 10.3 Å². The predicted molar refractivity (Wildman–Crippen MR) is 127 cm³/mol. The average Bonchev–Trinajstić information content (AvgIpc) is 2.71. The van der Waals surface area contributed by atoms with Crippen molar-refractivity contribution >= 4 is 11.4 Å². The summed E-state index contributed by atoms with van der Waals surface area (Å²) >= 11 is 0. The Morgan fingerprint density at radius 1 is 1.06 bits per heavy atom. The highest BCUT2D eigenvalue weighted by Crippen LogP contribution is 2.33. The smallest absolute Gasteiger partial charge is 0.214 e. The quantitative estimate of drug-likeness (QED) is 0.226. The summed E-state index contributed by atoms with van der Waals surface area (Å²) in [7, 11) is 0. The topological polar surface area (TPSA) is 59.1 Å². The third-order valence-corrected chi connectivity index (χ3v) is 5.17. The van der Waals surface area contributed by atoms with E-state index in [1.165, 1.54) is 0 Å². The van der Waals surface area contributed by atoms with Crippen molar-refractivity contribution in [1.82, 2.24) is 0 Å². The predicted octanol–water partition coefficient (Wildman–Crippen LogP) is 5.58. The molecule has 1 aromatic carbocycles. The number of unbranched alkanes of at least 4 members (excludes halogenated alkanes) is 2. The number of nitrogens with two attached hydrogens (primary N) is 1. The second kappa shape index (κ2) is 14.4. The first-order valence-electron chi connectivity index (χ1n) is 11.4. The van der Waals surface area contributed by atoms with Crippen LogP contribution in [0.4, 0.5) is 11.4 Å². The van der Waals surface area contributed by atoms with Crippen LogP contribution < -0.4 is 15.2 Å². The first kappa shape index (κ1) is 26.4. The van der Waals surface area contributed by atoms with E-state index in [-0.39, 0.29) is 0 Å². The van der Waals surface area contributed by atoms with Crippen molar-refractivity contribution in [2.45, 2.75) is 66.2 Å². The van der Waals surface area contributed by atoms with E-state index in [9.17, 15) is 0 Å². The second-order valence-electron chi connectivity index (χ2n) is 9.45. The number of anilines is 1. The molecule has 1 atom stereocenters. The number of nitrogens with zero attached hydrogens (tertiary/aromatic N) is 4. The third-order valence-electron chi connectivity index (χ3n) is 5.17. The monoisotopic (exact) mass is 426 g/mol. The lowest BCUT2D eigenvalue weighted by Crippen LogP contribution is -2.26. The van der Waals surface area contributed by atoms with Gasteiger partial charge in [-0.25, -0.2) is 13.1 Å². The Morgan fingerprint density at radius 3 is 2.19 bits per heavy atom. The van der Waals surface area contributed by atoms with Crippen LogP contribution in [0.1, 0.15) is 66.2 Å². The number of hydrogen-bond donors (Lipinski definition) is 1. The van der Waals surface area contributed by atoms with Gasteiger partial charge in [0.1, 0.15) is 0 Å². The van der Waals surface area contributed by atoms with E-state index in [2.05, 4.69) is 47.4 Å². The highest BCUT2D eigenvalue weighted by atomic mass is 16.5. The van der Waals surface area contributed by atoms with Gasteiger partial charge in [0, 0.05) is 37.7 Å². The summed E-state index contributed by atoms with van der Waals surface area (Å²) in [5, 5.41) is 3.89. The molecule has 0 fully saturated rings. The maximum atomic E-state index is 6.97. The fourth-order valence-electron chi connectivity index (χ4n) is 3.80. The maximum Gasteiger partial charge on any atom is 0.214 e. The van der Waals surface area contributed by atoms with Gasteiger partial charge in [-0.1, -0.05) is 27.7 Å². The molecule has 170 valence electrons. The molecule has 0 aliphatic heterocycles. The molecular formula is C25H40N5O+. The Kier molecular flexibility index (Phi) is 12.3. The molecule has 0 heterocycles. The Labute approximate surface area is 189 Å².